The van der Waals surface area contributed by atoms with Crippen molar-refractivity contribution in [1.29, 1.82) is 0 Å². The van der Waals surface area contributed by atoms with Crippen LogP contribution in [0.3, 0.4) is 0 Å². The molecule has 0 aliphatic carbocycles. The van der Waals surface area contributed by atoms with E-state index < -0.39 is 0 Å². The Morgan fingerprint density at radius 3 is 2.82 bits per heavy atom. The third kappa shape index (κ3) is 3.31. The van der Waals surface area contributed by atoms with Crippen LogP contribution < -0.4 is 5.32 Å². The molecule has 1 saturated heterocycles. The molecule has 17 heavy (non-hydrogen) atoms. The predicted octanol–water partition coefficient (Wildman–Crippen LogP) is 3.47. The zero-order chi connectivity index (χ0) is 12.3. The van der Waals surface area contributed by atoms with Gasteiger partial charge in [0.25, 0.3) is 0 Å². The Balaban J connectivity index is 1.98. The van der Waals surface area contributed by atoms with E-state index in [2.05, 4.69) is 51.4 Å². The number of piperazine rings is 1. The molecule has 0 bridgehead atoms. The summed E-state index contributed by atoms with van der Waals surface area (Å²) in [6.45, 7) is 9.14. The lowest BCUT2D eigenvalue weighted by molar-refractivity contribution is 0.119. The predicted molar refractivity (Wildman–Crippen MR) is 78.6 cm³/mol. The van der Waals surface area contributed by atoms with Crippen molar-refractivity contribution in [2.45, 2.75) is 38.8 Å². The highest BCUT2D eigenvalue weighted by Gasteiger charge is 2.31. The van der Waals surface area contributed by atoms with Crippen molar-refractivity contribution in [3.05, 3.63) is 20.8 Å². The van der Waals surface area contributed by atoms with Crippen LogP contribution in [-0.4, -0.2) is 30.1 Å². The van der Waals surface area contributed by atoms with E-state index in [4.69, 9.17) is 0 Å². The Morgan fingerprint density at radius 1 is 1.47 bits per heavy atom. The Bertz CT molecular complexity index is 360. The highest BCUT2D eigenvalue weighted by molar-refractivity contribution is 9.10. The van der Waals surface area contributed by atoms with Crippen LogP contribution in [0.1, 0.15) is 31.6 Å². The Hall–Kier alpha value is 0.1000. The van der Waals surface area contributed by atoms with Gasteiger partial charge in [-0.3, -0.25) is 4.90 Å². The summed E-state index contributed by atoms with van der Waals surface area (Å²) in [7, 11) is 0. The van der Waals surface area contributed by atoms with Crippen LogP contribution in [0.15, 0.2) is 15.9 Å². The molecule has 0 unspecified atom stereocenters. The fourth-order valence-corrected chi connectivity index (χ4v) is 4.05. The summed E-state index contributed by atoms with van der Waals surface area (Å²) in [5, 5.41) is 5.88. The molecule has 2 heterocycles. The molecule has 0 spiro atoms. The molecular weight excluding hydrogens is 296 g/mol. The maximum atomic E-state index is 3.71. The van der Waals surface area contributed by atoms with Crippen LogP contribution in [0.5, 0.6) is 0 Å². The van der Waals surface area contributed by atoms with Gasteiger partial charge in [0.1, 0.15) is 0 Å². The number of hydrogen-bond donors (Lipinski definition) is 1. The second-order valence-electron chi connectivity index (χ2n) is 4.86. The van der Waals surface area contributed by atoms with E-state index in [1.807, 2.05) is 11.3 Å². The van der Waals surface area contributed by atoms with Crippen molar-refractivity contribution in [2.75, 3.05) is 19.6 Å². The molecule has 0 amide bonds. The van der Waals surface area contributed by atoms with Gasteiger partial charge in [-0.15, -0.1) is 11.3 Å². The monoisotopic (exact) mass is 316 g/mol. The van der Waals surface area contributed by atoms with Crippen molar-refractivity contribution in [1.82, 2.24) is 10.2 Å². The highest BCUT2D eigenvalue weighted by Crippen LogP contribution is 2.24. The van der Waals surface area contributed by atoms with Gasteiger partial charge < -0.3 is 5.32 Å². The second-order valence-corrected chi connectivity index (χ2v) is 6.77. The number of nitrogens with zero attached hydrogens (tertiary/aromatic N) is 1. The van der Waals surface area contributed by atoms with E-state index in [-0.39, 0.29) is 0 Å². The molecule has 0 radical (unpaired) electrons. The first-order valence-corrected chi connectivity index (χ1v) is 8.05. The number of hydrogen-bond acceptors (Lipinski definition) is 3. The van der Waals surface area contributed by atoms with E-state index >= 15 is 0 Å². The van der Waals surface area contributed by atoms with Crippen LogP contribution in [0, 0.1) is 0 Å². The minimum atomic E-state index is 0.340. The summed E-state index contributed by atoms with van der Waals surface area (Å²) < 4.78 is 1.21. The normalized spacial score (nSPS) is 20.6. The van der Waals surface area contributed by atoms with Crippen molar-refractivity contribution in [3.8, 4) is 0 Å². The van der Waals surface area contributed by atoms with E-state index in [0.717, 1.165) is 19.6 Å². The average Bonchev–Trinajstić information content (AvgIpc) is 2.75. The number of nitrogens with one attached hydrogen (secondary N) is 1. The Kier molecular flexibility index (Phi) is 4.64. The van der Waals surface area contributed by atoms with E-state index in [9.17, 15) is 0 Å². The first-order chi connectivity index (χ1) is 8.17. The molecule has 2 rings (SSSR count). The number of rotatable bonds is 4. The van der Waals surface area contributed by atoms with Gasteiger partial charge in [0.2, 0.25) is 0 Å². The molecule has 1 aliphatic rings. The summed E-state index contributed by atoms with van der Waals surface area (Å²) in [5.41, 5.74) is 0.340. The molecule has 4 heteroatoms. The fourth-order valence-electron chi connectivity index (χ4n) is 2.56. The van der Waals surface area contributed by atoms with Crippen LogP contribution in [0.25, 0.3) is 0 Å². The van der Waals surface area contributed by atoms with E-state index in [1.54, 1.807) is 0 Å². The van der Waals surface area contributed by atoms with Crippen molar-refractivity contribution < 1.29 is 0 Å². The van der Waals surface area contributed by atoms with Gasteiger partial charge in [-0.2, -0.15) is 0 Å². The second kappa shape index (κ2) is 5.83. The number of halogens is 1. The summed E-state index contributed by atoms with van der Waals surface area (Å²) in [6.07, 6.45) is 2.43. The van der Waals surface area contributed by atoms with Crippen molar-refractivity contribution in [2.24, 2.45) is 0 Å². The first kappa shape index (κ1) is 13.5. The lowest BCUT2D eigenvalue weighted by Gasteiger charge is -2.43. The molecule has 0 atom stereocenters. The maximum absolute atomic E-state index is 3.71. The van der Waals surface area contributed by atoms with Gasteiger partial charge in [-0.05, 0) is 34.8 Å². The smallest absolute Gasteiger partial charge is 0.0329 e. The van der Waals surface area contributed by atoms with E-state index in [0.29, 0.717) is 5.54 Å². The average molecular weight is 317 g/mol. The zero-order valence-electron chi connectivity index (χ0n) is 10.6. The summed E-state index contributed by atoms with van der Waals surface area (Å²) in [6, 6.07) is 2.24. The van der Waals surface area contributed by atoms with Crippen LogP contribution >= 0.6 is 27.3 Å². The van der Waals surface area contributed by atoms with Gasteiger partial charge in [0.15, 0.2) is 0 Å². The van der Waals surface area contributed by atoms with Gasteiger partial charge in [0.05, 0.1) is 0 Å². The number of thiophene rings is 1. The topological polar surface area (TPSA) is 15.3 Å². The van der Waals surface area contributed by atoms with Crippen LogP contribution in [0.4, 0.5) is 0 Å². The molecule has 0 saturated carbocycles. The van der Waals surface area contributed by atoms with Gasteiger partial charge in [0, 0.05) is 46.4 Å². The van der Waals surface area contributed by atoms with Crippen LogP contribution in [-0.2, 0) is 6.54 Å². The molecule has 0 aromatic carbocycles. The largest absolute Gasteiger partial charge is 0.309 e. The fraction of sp³-hybridized carbons (Fsp3) is 0.692. The zero-order valence-corrected chi connectivity index (χ0v) is 13.0. The lowest BCUT2D eigenvalue weighted by Crippen LogP contribution is -2.59. The third-order valence-electron chi connectivity index (χ3n) is 3.81. The van der Waals surface area contributed by atoms with E-state index in [1.165, 1.54) is 28.7 Å². The molecule has 96 valence electrons. The molecule has 1 fully saturated rings. The summed E-state index contributed by atoms with van der Waals surface area (Å²) in [5.74, 6) is 0. The quantitative estimate of drug-likeness (QED) is 0.915. The van der Waals surface area contributed by atoms with Gasteiger partial charge in [-0.25, -0.2) is 0 Å². The SMILES string of the molecule is CCC1(CC)CN(Cc2cc(Br)cs2)CCN1. The Morgan fingerprint density at radius 2 is 2.24 bits per heavy atom. The third-order valence-corrected chi connectivity index (χ3v) is 5.49. The van der Waals surface area contributed by atoms with Gasteiger partial charge >= 0.3 is 0 Å². The molecular formula is C13H21BrN2S. The summed E-state index contributed by atoms with van der Waals surface area (Å²) >= 11 is 5.38. The molecule has 1 aromatic heterocycles. The van der Waals surface area contributed by atoms with Gasteiger partial charge in [-0.1, -0.05) is 13.8 Å². The lowest BCUT2D eigenvalue weighted by atomic mass is 9.90. The molecule has 2 nitrogen and oxygen atoms in total. The van der Waals surface area contributed by atoms with Crippen molar-refractivity contribution >= 4 is 27.3 Å². The standard InChI is InChI=1S/C13H21BrN2S/c1-3-13(4-2)10-16(6-5-15-13)8-12-7-11(14)9-17-12/h7,9,15H,3-6,8,10H2,1-2H3. The highest BCUT2D eigenvalue weighted by atomic mass is 79.9. The molecule has 1 N–H and O–H groups in total. The molecule has 1 aliphatic heterocycles. The minimum absolute atomic E-state index is 0.340. The summed E-state index contributed by atoms with van der Waals surface area (Å²) in [4.78, 5) is 4.04. The minimum Gasteiger partial charge on any atom is -0.309 e. The maximum Gasteiger partial charge on any atom is 0.0329 e. The Labute approximate surface area is 117 Å². The molecule has 1 aromatic rings. The van der Waals surface area contributed by atoms with Crippen LogP contribution in [0.2, 0.25) is 0 Å². The van der Waals surface area contributed by atoms with Crippen molar-refractivity contribution in [3.63, 3.8) is 0 Å². The first-order valence-electron chi connectivity index (χ1n) is 6.38.